The number of ether oxygens (including phenoxy) is 1. The fraction of sp³-hybridized carbons (Fsp3) is 0.842. The lowest BCUT2D eigenvalue weighted by molar-refractivity contribution is -0.145. The lowest BCUT2D eigenvalue weighted by atomic mass is 9.84. The summed E-state index contributed by atoms with van der Waals surface area (Å²) in [5.41, 5.74) is 0. The van der Waals surface area contributed by atoms with Gasteiger partial charge in [0.2, 0.25) is 11.8 Å². The molecule has 2 aliphatic heterocycles. The van der Waals surface area contributed by atoms with Crippen molar-refractivity contribution < 1.29 is 14.1 Å². The zero-order chi connectivity index (χ0) is 18.8. The summed E-state index contributed by atoms with van der Waals surface area (Å²) >= 11 is 0. The van der Waals surface area contributed by atoms with Crippen molar-refractivity contribution in [2.45, 2.75) is 44.1 Å². The van der Waals surface area contributed by atoms with Gasteiger partial charge in [0.15, 0.2) is 0 Å². The Morgan fingerprint density at radius 2 is 1.96 bits per heavy atom. The van der Waals surface area contributed by atoms with Crippen LogP contribution in [0, 0.1) is 5.92 Å². The third-order valence-electron chi connectivity index (χ3n) is 6.23. The van der Waals surface area contributed by atoms with Gasteiger partial charge in [0.05, 0.1) is 13.2 Å². The molecule has 1 aromatic rings. The molecular weight excluding hydrogens is 346 g/mol. The summed E-state index contributed by atoms with van der Waals surface area (Å²) in [7, 11) is 3.80. The number of carbonyl (C=O) groups excluding carboxylic acids is 1. The Kier molecular flexibility index (Phi) is 5.63. The van der Waals surface area contributed by atoms with Crippen molar-refractivity contribution in [2.24, 2.45) is 5.92 Å². The zero-order valence-corrected chi connectivity index (χ0v) is 16.5. The Morgan fingerprint density at radius 3 is 2.59 bits per heavy atom. The van der Waals surface area contributed by atoms with E-state index in [0.717, 1.165) is 51.5 Å². The van der Waals surface area contributed by atoms with Gasteiger partial charge in [0.1, 0.15) is 6.04 Å². The van der Waals surface area contributed by atoms with Crippen molar-refractivity contribution in [3.05, 3.63) is 5.89 Å². The maximum atomic E-state index is 13.1. The number of hydrogen-bond acceptors (Lipinski definition) is 7. The molecule has 0 bridgehead atoms. The van der Waals surface area contributed by atoms with E-state index in [4.69, 9.17) is 9.26 Å². The number of carbonyl (C=O) groups is 1. The molecule has 3 heterocycles. The molecule has 150 valence electrons. The van der Waals surface area contributed by atoms with Crippen LogP contribution in [0.2, 0.25) is 0 Å². The molecule has 0 aromatic carbocycles. The van der Waals surface area contributed by atoms with Gasteiger partial charge in [0.25, 0.3) is 5.95 Å². The van der Waals surface area contributed by atoms with Gasteiger partial charge in [-0.2, -0.15) is 4.98 Å². The average molecular weight is 377 g/mol. The van der Waals surface area contributed by atoms with Crippen LogP contribution in [-0.2, 0) is 9.53 Å². The summed E-state index contributed by atoms with van der Waals surface area (Å²) in [6, 6.07) is -0.111. The Bertz CT molecular complexity index is 637. The first kappa shape index (κ1) is 18.7. The summed E-state index contributed by atoms with van der Waals surface area (Å²) in [5, 5.41) is 4.01. The van der Waals surface area contributed by atoms with E-state index >= 15 is 0 Å². The molecule has 1 atom stereocenters. The van der Waals surface area contributed by atoms with Gasteiger partial charge in [0, 0.05) is 46.2 Å². The number of rotatable bonds is 5. The molecule has 1 amide bonds. The fourth-order valence-electron chi connectivity index (χ4n) is 4.22. The van der Waals surface area contributed by atoms with Crippen LogP contribution in [0.4, 0.5) is 5.95 Å². The number of aromatic nitrogens is 2. The normalized spacial score (nSPS) is 25.4. The second kappa shape index (κ2) is 8.14. The predicted molar refractivity (Wildman–Crippen MR) is 101 cm³/mol. The Morgan fingerprint density at radius 1 is 1.19 bits per heavy atom. The van der Waals surface area contributed by atoms with Gasteiger partial charge in [-0.1, -0.05) is 6.42 Å². The van der Waals surface area contributed by atoms with Crippen molar-refractivity contribution in [1.29, 1.82) is 0 Å². The van der Waals surface area contributed by atoms with E-state index in [1.165, 1.54) is 19.3 Å². The van der Waals surface area contributed by atoms with E-state index in [1.807, 2.05) is 23.9 Å². The Balaban J connectivity index is 1.32. The standard InChI is InChI=1S/C19H31N5O3/c1-22(2)19-20-17(27-21-19)15-6-8-23(9-7-15)18(25)16-13-26-11-10-24(16)12-14-4-3-5-14/h14-16H,3-13H2,1-2H3. The van der Waals surface area contributed by atoms with Gasteiger partial charge in [-0.05, 0) is 36.8 Å². The van der Waals surface area contributed by atoms with E-state index in [2.05, 4.69) is 15.0 Å². The first-order valence-electron chi connectivity index (χ1n) is 10.2. The van der Waals surface area contributed by atoms with Gasteiger partial charge in [-0.15, -0.1) is 0 Å². The van der Waals surface area contributed by atoms with Crippen LogP contribution in [0.3, 0.4) is 0 Å². The second-order valence-corrected chi connectivity index (χ2v) is 8.31. The lowest BCUT2D eigenvalue weighted by Gasteiger charge is -2.42. The van der Waals surface area contributed by atoms with Crippen molar-refractivity contribution in [1.82, 2.24) is 19.9 Å². The molecule has 2 saturated heterocycles. The molecule has 3 fully saturated rings. The third-order valence-corrected chi connectivity index (χ3v) is 6.23. The minimum atomic E-state index is -0.111. The van der Waals surface area contributed by atoms with E-state index in [-0.39, 0.29) is 17.9 Å². The van der Waals surface area contributed by atoms with Crippen molar-refractivity contribution in [3.8, 4) is 0 Å². The van der Waals surface area contributed by atoms with Crippen LogP contribution in [0.1, 0.15) is 43.9 Å². The molecule has 3 aliphatic rings. The molecule has 1 aliphatic carbocycles. The molecule has 0 spiro atoms. The summed E-state index contributed by atoms with van der Waals surface area (Å²) in [6.45, 7) is 4.68. The van der Waals surface area contributed by atoms with E-state index < -0.39 is 0 Å². The number of likely N-dealkylation sites (tertiary alicyclic amines) is 1. The number of anilines is 1. The number of piperidine rings is 1. The van der Waals surface area contributed by atoms with Crippen LogP contribution < -0.4 is 4.90 Å². The molecule has 0 radical (unpaired) electrons. The summed E-state index contributed by atoms with van der Waals surface area (Å²) in [6.07, 6.45) is 5.70. The maximum Gasteiger partial charge on any atom is 0.265 e. The van der Waals surface area contributed by atoms with E-state index in [1.54, 1.807) is 0 Å². The number of amides is 1. The first-order chi connectivity index (χ1) is 13.1. The summed E-state index contributed by atoms with van der Waals surface area (Å²) in [5.74, 6) is 2.54. The van der Waals surface area contributed by atoms with E-state index in [9.17, 15) is 4.79 Å². The monoisotopic (exact) mass is 377 g/mol. The highest BCUT2D eigenvalue weighted by molar-refractivity contribution is 5.82. The first-order valence-corrected chi connectivity index (χ1v) is 10.2. The molecular formula is C19H31N5O3. The Hall–Kier alpha value is -1.67. The van der Waals surface area contributed by atoms with Gasteiger partial charge in [-0.25, -0.2) is 0 Å². The van der Waals surface area contributed by atoms with Gasteiger partial charge >= 0.3 is 0 Å². The number of nitrogens with zero attached hydrogens (tertiary/aromatic N) is 5. The fourth-order valence-corrected chi connectivity index (χ4v) is 4.22. The van der Waals surface area contributed by atoms with Crippen LogP contribution in [0.5, 0.6) is 0 Å². The maximum absolute atomic E-state index is 13.1. The van der Waals surface area contributed by atoms with E-state index in [0.29, 0.717) is 18.4 Å². The minimum Gasteiger partial charge on any atom is -0.378 e. The van der Waals surface area contributed by atoms with Crippen LogP contribution in [0.25, 0.3) is 0 Å². The van der Waals surface area contributed by atoms with Crippen LogP contribution >= 0.6 is 0 Å². The summed E-state index contributed by atoms with van der Waals surface area (Å²) in [4.78, 5) is 23.8. The van der Waals surface area contributed by atoms with Crippen LogP contribution in [0.15, 0.2) is 4.52 Å². The number of hydrogen-bond donors (Lipinski definition) is 0. The highest BCUT2D eigenvalue weighted by atomic mass is 16.5. The van der Waals surface area contributed by atoms with Gasteiger partial charge < -0.3 is 19.1 Å². The molecule has 27 heavy (non-hydrogen) atoms. The minimum absolute atomic E-state index is 0.111. The second-order valence-electron chi connectivity index (χ2n) is 8.31. The van der Waals surface area contributed by atoms with Crippen LogP contribution in [-0.4, -0.2) is 85.4 Å². The molecule has 1 aromatic heterocycles. The molecule has 0 N–H and O–H groups in total. The van der Waals surface area contributed by atoms with Gasteiger partial charge in [-0.3, -0.25) is 9.69 Å². The Labute approximate surface area is 160 Å². The lowest BCUT2D eigenvalue weighted by Crippen LogP contribution is -2.57. The highest BCUT2D eigenvalue weighted by Crippen LogP contribution is 2.30. The average Bonchev–Trinajstić information content (AvgIpc) is 3.15. The van der Waals surface area contributed by atoms with Crippen molar-refractivity contribution in [2.75, 3.05) is 58.4 Å². The highest BCUT2D eigenvalue weighted by Gasteiger charge is 2.36. The van der Waals surface area contributed by atoms with Crippen molar-refractivity contribution >= 4 is 11.9 Å². The topological polar surface area (TPSA) is 74.9 Å². The SMILES string of the molecule is CN(C)c1noc(C2CCN(C(=O)C3COCCN3CC3CCC3)CC2)n1. The molecule has 1 saturated carbocycles. The number of morpholine rings is 1. The molecule has 8 heteroatoms. The smallest absolute Gasteiger partial charge is 0.265 e. The summed E-state index contributed by atoms with van der Waals surface area (Å²) < 4.78 is 11.1. The predicted octanol–water partition coefficient (Wildman–Crippen LogP) is 1.34. The zero-order valence-electron chi connectivity index (χ0n) is 16.5. The molecule has 8 nitrogen and oxygen atoms in total. The third kappa shape index (κ3) is 4.11. The quantitative estimate of drug-likeness (QED) is 0.766. The molecule has 1 unspecified atom stereocenters. The van der Waals surface area contributed by atoms with Crippen molar-refractivity contribution in [3.63, 3.8) is 0 Å². The molecule has 4 rings (SSSR count). The largest absolute Gasteiger partial charge is 0.378 e.